The van der Waals surface area contributed by atoms with Crippen LogP contribution in [0.3, 0.4) is 0 Å². The highest BCUT2D eigenvalue weighted by atomic mass is 32.2. The molecule has 2 rings (SSSR count). The van der Waals surface area contributed by atoms with Crippen LogP contribution in [0.15, 0.2) is 23.1 Å². The summed E-state index contributed by atoms with van der Waals surface area (Å²) in [6.45, 7) is 1.19. The van der Waals surface area contributed by atoms with Crippen LogP contribution >= 0.6 is 11.8 Å². The smallest absolute Gasteiger partial charge is 0.133 e. The Balaban J connectivity index is 2.20. The molecule has 0 saturated carbocycles. The summed E-state index contributed by atoms with van der Waals surface area (Å²) in [6, 6.07) is 6.24. The molecule has 1 aromatic carbocycles. The van der Waals surface area contributed by atoms with Gasteiger partial charge < -0.3 is 10.5 Å². The minimum Gasteiger partial charge on any atom is -0.491 e. The molecule has 0 spiro atoms. The summed E-state index contributed by atoms with van der Waals surface area (Å²) < 4.78 is 5.55. The van der Waals surface area contributed by atoms with Crippen molar-refractivity contribution in [2.75, 3.05) is 18.9 Å². The highest BCUT2D eigenvalue weighted by Gasteiger charge is 2.15. The maximum absolute atomic E-state index is 5.55. The molecule has 13 heavy (non-hydrogen) atoms. The van der Waals surface area contributed by atoms with Crippen LogP contribution in [0.25, 0.3) is 0 Å². The second kappa shape index (κ2) is 4.03. The van der Waals surface area contributed by atoms with Crippen molar-refractivity contribution in [2.24, 2.45) is 5.73 Å². The van der Waals surface area contributed by atoms with Gasteiger partial charge in [-0.2, -0.15) is 0 Å². The molecule has 2 N–H and O–H groups in total. The largest absolute Gasteiger partial charge is 0.491 e. The molecule has 1 aliphatic heterocycles. The molecule has 2 nitrogen and oxygen atoms in total. The van der Waals surface area contributed by atoms with Gasteiger partial charge in [-0.05, 0) is 18.1 Å². The van der Waals surface area contributed by atoms with Gasteiger partial charge in [0.25, 0.3) is 0 Å². The molecule has 3 heteroatoms. The van der Waals surface area contributed by atoms with Gasteiger partial charge in [-0.3, -0.25) is 0 Å². The van der Waals surface area contributed by atoms with E-state index in [1.807, 2.05) is 17.8 Å². The zero-order valence-electron chi connectivity index (χ0n) is 7.45. The highest BCUT2D eigenvalue weighted by Crippen LogP contribution is 2.38. The van der Waals surface area contributed by atoms with Gasteiger partial charge in [0.05, 0.1) is 4.90 Å². The van der Waals surface area contributed by atoms with Crippen molar-refractivity contribution in [3.63, 3.8) is 0 Å². The summed E-state index contributed by atoms with van der Waals surface area (Å²) >= 11 is 1.88. The zero-order valence-corrected chi connectivity index (χ0v) is 8.27. The second-order valence-electron chi connectivity index (χ2n) is 2.98. The molecule has 0 amide bonds. The van der Waals surface area contributed by atoms with Crippen molar-refractivity contribution >= 4 is 11.8 Å². The van der Waals surface area contributed by atoms with Crippen LogP contribution in [0.1, 0.15) is 5.56 Å². The van der Waals surface area contributed by atoms with Crippen molar-refractivity contribution < 1.29 is 4.74 Å². The third kappa shape index (κ3) is 1.81. The fourth-order valence-electron chi connectivity index (χ4n) is 1.47. The van der Waals surface area contributed by atoms with E-state index in [4.69, 9.17) is 10.5 Å². The molecule has 0 aromatic heterocycles. The Morgan fingerprint density at radius 3 is 3.23 bits per heavy atom. The third-order valence-corrected chi connectivity index (χ3v) is 3.21. The van der Waals surface area contributed by atoms with Crippen molar-refractivity contribution in [2.45, 2.75) is 11.3 Å². The number of rotatable bonds is 3. The standard InChI is InChI=1S/C10H13NOS/c11-5-6-12-9-3-1-2-8-4-7-13-10(8)9/h1-3H,4-7,11H2. The average Bonchev–Trinajstić information content (AvgIpc) is 2.62. The second-order valence-corrected chi connectivity index (χ2v) is 4.09. The Morgan fingerprint density at radius 1 is 1.46 bits per heavy atom. The van der Waals surface area contributed by atoms with E-state index in [1.54, 1.807) is 0 Å². The summed E-state index contributed by atoms with van der Waals surface area (Å²) in [7, 11) is 0. The molecule has 1 heterocycles. The van der Waals surface area contributed by atoms with E-state index in [0.29, 0.717) is 13.2 Å². The summed E-state index contributed by atoms with van der Waals surface area (Å²) in [6.07, 6.45) is 1.17. The van der Waals surface area contributed by atoms with E-state index >= 15 is 0 Å². The molecule has 1 aliphatic rings. The first-order valence-electron chi connectivity index (χ1n) is 4.49. The molecule has 0 radical (unpaired) electrons. The molecule has 0 bridgehead atoms. The van der Waals surface area contributed by atoms with Crippen LogP contribution in [0, 0.1) is 0 Å². The van der Waals surface area contributed by atoms with Crippen LogP contribution in [-0.2, 0) is 6.42 Å². The summed E-state index contributed by atoms with van der Waals surface area (Å²) in [5.41, 5.74) is 6.81. The molecule has 70 valence electrons. The Labute approximate surface area is 82.5 Å². The molecule has 0 fully saturated rings. The first-order valence-corrected chi connectivity index (χ1v) is 5.48. The predicted molar refractivity (Wildman–Crippen MR) is 55.4 cm³/mol. The van der Waals surface area contributed by atoms with E-state index in [9.17, 15) is 0 Å². The van der Waals surface area contributed by atoms with Crippen molar-refractivity contribution in [1.82, 2.24) is 0 Å². The normalized spacial score (nSPS) is 14.2. The van der Waals surface area contributed by atoms with E-state index < -0.39 is 0 Å². The Kier molecular flexibility index (Phi) is 2.76. The lowest BCUT2D eigenvalue weighted by Gasteiger charge is -2.08. The van der Waals surface area contributed by atoms with Gasteiger partial charge in [0.15, 0.2) is 0 Å². The summed E-state index contributed by atoms with van der Waals surface area (Å²) in [5, 5.41) is 0. The zero-order chi connectivity index (χ0) is 9.10. The van der Waals surface area contributed by atoms with Gasteiger partial charge in [0.1, 0.15) is 12.4 Å². The monoisotopic (exact) mass is 195 g/mol. The fraction of sp³-hybridized carbons (Fsp3) is 0.400. The minimum atomic E-state index is 0.578. The molecule has 0 saturated heterocycles. The fourth-order valence-corrected chi connectivity index (χ4v) is 2.62. The van der Waals surface area contributed by atoms with E-state index in [0.717, 1.165) is 5.75 Å². The van der Waals surface area contributed by atoms with Crippen molar-refractivity contribution in [3.05, 3.63) is 23.8 Å². The van der Waals surface area contributed by atoms with Crippen LogP contribution in [-0.4, -0.2) is 18.9 Å². The molecule has 0 atom stereocenters. The number of hydrogen-bond acceptors (Lipinski definition) is 3. The number of fused-ring (bicyclic) bond motifs is 1. The van der Waals surface area contributed by atoms with Crippen LogP contribution in [0.2, 0.25) is 0 Å². The van der Waals surface area contributed by atoms with Crippen LogP contribution in [0.4, 0.5) is 0 Å². The summed E-state index contributed by atoms with van der Waals surface area (Å²) in [5.74, 6) is 2.18. The molecule has 0 aliphatic carbocycles. The third-order valence-electron chi connectivity index (χ3n) is 2.05. The minimum absolute atomic E-state index is 0.578. The number of hydrogen-bond donors (Lipinski definition) is 1. The number of benzene rings is 1. The predicted octanol–water partition coefficient (Wildman–Crippen LogP) is 1.67. The number of aryl methyl sites for hydroxylation is 1. The quantitative estimate of drug-likeness (QED) is 0.797. The van der Waals surface area contributed by atoms with Gasteiger partial charge in [0.2, 0.25) is 0 Å². The topological polar surface area (TPSA) is 35.2 Å². The SMILES string of the molecule is NCCOc1cccc2c1SCC2. The molecule has 1 aromatic rings. The van der Waals surface area contributed by atoms with Gasteiger partial charge in [-0.15, -0.1) is 11.8 Å². The van der Waals surface area contributed by atoms with Gasteiger partial charge >= 0.3 is 0 Å². The van der Waals surface area contributed by atoms with Crippen molar-refractivity contribution in [1.29, 1.82) is 0 Å². The lowest BCUT2D eigenvalue weighted by atomic mass is 10.2. The highest BCUT2D eigenvalue weighted by molar-refractivity contribution is 7.99. The Bertz CT molecular complexity index is 301. The van der Waals surface area contributed by atoms with Crippen molar-refractivity contribution in [3.8, 4) is 5.75 Å². The number of ether oxygens (including phenoxy) is 1. The number of thioether (sulfide) groups is 1. The van der Waals surface area contributed by atoms with Gasteiger partial charge in [-0.25, -0.2) is 0 Å². The lowest BCUT2D eigenvalue weighted by molar-refractivity contribution is 0.320. The van der Waals surface area contributed by atoms with Gasteiger partial charge in [-0.1, -0.05) is 12.1 Å². The van der Waals surface area contributed by atoms with Gasteiger partial charge in [0, 0.05) is 12.3 Å². The van der Waals surface area contributed by atoms with E-state index in [1.165, 1.54) is 22.6 Å². The summed E-state index contributed by atoms with van der Waals surface area (Å²) in [4.78, 5) is 1.32. The lowest BCUT2D eigenvalue weighted by Crippen LogP contribution is -2.10. The average molecular weight is 195 g/mol. The number of nitrogens with two attached hydrogens (primary N) is 1. The Hall–Kier alpha value is -0.670. The molecule has 0 unspecified atom stereocenters. The Morgan fingerprint density at radius 2 is 2.38 bits per heavy atom. The maximum atomic E-state index is 5.55. The molecular weight excluding hydrogens is 182 g/mol. The molecular formula is C10H13NOS. The van der Waals surface area contributed by atoms with Crippen LogP contribution in [0.5, 0.6) is 5.75 Å². The maximum Gasteiger partial charge on any atom is 0.133 e. The van der Waals surface area contributed by atoms with Crippen LogP contribution < -0.4 is 10.5 Å². The first kappa shape index (κ1) is 8.91. The first-order chi connectivity index (χ1) is 6.42. The van der Waals surface area contributed by atoms with E-state index in [2.05, 4.69) is 12.1 Å². The van der Waals surface area contributed by atoms with E-state index in [-0.39, 0.29) is 0 Å².